The second-order valence-corrected chi connectivity index (χ2v) is 6.60. The molecule has 0 saturated heterocycles. The first kappa shape index (κ1) is 15.9. The van der Waals surface area contributed by atoms with Crippen molar-refractivity contribution < 1.29 is 9.53 Å². The van der Waals surface area contributed by atoms with E-state index in [9.17, 15) is 4.79 Å². The first-order valence-electron chi connectivity index (χ1n) is 6.49. The fourth-order valence-corrected chi connectivity index (χ4v) is 3.27. The van der Waals surface area contributed by atoms with Crippen molar-refractivity contribution in [1.82, 2.24) is 15.3 Å². The van der Waals surface area contributed by atoms with E-state index in [0.717, 1.165) is 22.8 Å². The molecule has 0 aromatic carbocycles. The predicted octanol–water partition coefficient (Wildman–Crippen LogP) is 2.73. The predicted molar refractivity (Wildman–Crippen MR) is 85.1 cm³/mol. The second-order valence-electron chi connectivity index (χ2n) is 4.46. The number of amides is 2. The van der Waals surface area contributed by atoms with Gasteiger partial charge in [-0.15, -0.1) is 22.7 Å². The molecule has 0 aliphatic heterocycles. The van der Waals surface area contributed by atoms with Crippen molar-refractivity contribution >= 4 is 33.8 Å². The average Bonchev–Trinajstić information content (AvgIpc) is 2.98. The highest BCUT2D eigenvalue weighted by atomic mass is 32.1. The average molecular weight is 326 g/mol. The van der Waals surface area contributed by atoms with Crippen molar-refractivity contribution in [2.75, 3.05) is 19.0 Å². The molecule has 2 aromatic heterocycles. The fourth-order valence-electron chi connectivity index (χ4n) is 1.65. The van der Waals surface area contributed by atoms with Crippen LogP contribution in [-0.2, 0) is 17.8 Å². The number of hydrogen-bond acceptors (Lipinski definition) is 6. The van der Waals surface area contributed by atoms with Gasteiger partial charge in [0.05, 0.1) is 23.0 Å². The van der Waals surface area contributed by atoms with Gasteiger partial charge < -0.3 is 10.1 Å². The van der Waals surface area contributed by atoms with Gasteiger partial charge in [-0.3, -0.25) is 5.32 Å². The molecule has 6 nitrogen and oxygen atoms in total. The van der Waals surface area contributed by atoms with Gasteiger partial charge in [-0.05, 0) is 13.8 Å². The van der Waals surface area contributed by atoms with E-state index in [1.807, 2.05) is 12.3 Å². The van der Waals surface area contributed by atoms with Gasteiger partial charge in [-0.2, -0.15) is 0 Å². The number of thiazole rings is 2. The molecule has 8 heteroatoms. The normalized spacial score (nSPS) is 10.6. The van der Waals surface area contributed by atoms with Crippen LogP contribution in [0, 0.1) is 13.8 Å². The number of nitrogens with one attached hydrogen (secondary N) is 2. The van der Waals surface area contributed by atoms with Crippen molar-refractivity contribution in [1.29, 1.82) is 0 Å². The summed E-state index contributed by atoms with van der Waals surface area (Å²) in [5.41, 5.74) is 1.87. The lowest BCUT2D eigenvalue weighted by Gasteiger charge is -2.03. The van der Waals surface area contributed by atoms with Gasteiger partial charge in [-0.1, -0.05) is 0 Å². The van der Waals surface area contributed by atoms with Gasteiger partial charge in [-0.25, -0.2) is 14.8 Å². The van der Waals surface area contributed by atoms with Gasteiger partial charge in [0.1, 0.15) is 0 Å². The van der Waals surface area contributed by atoms with Crippen LogP contribution in [0.1, 0.15) is 21.3 Å². The van der Waals surface area contributed by atoms with Crippen LogP contribution < -0.4 is 10.6 Å². The highest BCUT2D eigenvalue weighted by molar-refractivity contribution is 7.14. The van der Waals surface area contributed by atoms with E-state index in [-0.39, 0.29) is 6.03 Å². The summed E-state index contributed by atoms with van der Waals surface area (Å²) in [5.74, 6) is 0. The lowest BCUT2D eigenvalue weighted by atomic mass is 10.4. The minimum absolute atomic E-state index is 0.252. The maximum atomic E-state index is 11.7. The number of ether oxygens (including phenoxy) is 1. The molecular formula is C13H18N4O2S2. The molecule has 0 aliphatic carbocycles. The van der Waals surface area contributed by atoms with Gasteiger partial charge in [0.15, 0.2) is 5.13 Å². The maximum absolute atomic E-state index is 11.7. The summed E-state index contributed by atoms with van der Waals surface area (Å²) in [7, 11) is 1.61. The molecule has 114 valence electrons. The zero-order valence-electron chi connectivity index (χ0n) is 12.2. The van der Waals surface area contributed by atoms with Gasteiger partial charge in [0.2, 0.25) is 0 Å². The third-order valence-corrected chi connectivity index (χ3v) is 4.70. The summed E-state index contributed by atoms with van der Waals surface area (Å²) in [5, 5.41) is 8.98. The first-order chi connectivity index (χ1) is 10.1. The van der Waals surface area contributed by atoms with Gasteiger partial charge >= 0.3 is 6.03 Å². The molecule has 2 N–H and O–H groups in total. The monoisotopic (exact) mass is 326 g/mol. The third-order valence-electron chi connectivity index (χ3n) is 2.76. The maximum Gasteiger partial charge on any atom is 0.321 e. The SMILES string of the molecule is COCc1csc(NC(=O)NCCc2nc(C)c(C)s2)n1. The summed E-state index contributed by atoms with van der Waals surface area (Å²) in [6.45, 7) is 5.04. The number of carbonyl (C=O) groups is 1. The Kier molecular flexibility index (Phi) is 5.66. The quantitative estimate of drug-likeness (QED) is 0.856. The Balaban J connectivity index is 1.74. The van der Waals surface area contributed by atoms with E-state index in [0.29, 0.717) is 18.3 Å². The van der Waals surface area contributed by atoms with E-state index >= 15 is 0 Å². The molecule has 2 aromatic rings. The Bertz CT molecular complexity index is 590. The lowest BCUT2D eigenvalue weighted by Crippen LogP contribution is -2.30. The second kappa shape index (κ2) is 7.48. The third kappa shape index (κ3) is 4.76. The Morgan fingerprint density at radius 1 is 1.38 bits per heavy atom. The summed E-state index contributed by atoms with van der Waals surface area (Å²) < 4.78 is 4.98. The molecule has 2 heterocycles. The molecule has 0 spiro atoms. The van der Waals surface area contributed by atoms with Crippen LogP contribution in [0.15, 0.2) is 5.38 Å². The molecule has 0 bridgehead atoms. The first-order valence-corrected chi connectivity index (χ1v) is 8.19. The van der Waals surface area contributed by atoms with E-state index < -0.39 is 0 Å². The van der Waals surface area contributed by atoms with Crippen molar-refractivity contribution in [3.8, 4) is 0 Å². The zero-order valence-corrected chi connectivity index (χ0v) is 13.9. The number of aromatic nitrogens is 2. The Labute approximate surface area is 131 Å². The van der Waals surface area contributed by atoms with Crippen molar-refractivity contribution in [3.63, 3.8) is 0 Å². The van der Waals surface area contributed by atoms with Gasteiger partial charge in [0.25, 0.3) is 0 Å². The minimum Gasteiger partial charge on any atom is -0.378 e. The number of methoxy groups -OCH3 is 1. The number of hydrogen-bond donors (Lipinski definition) is 2. The molecule has 0 aliphatic rings. The highest BCUT2D eigenvalue weighted by Crippen LogP contribution is 2.17. The Morgan fingerprint density at radius 3 is 2.86 bits per heavy atom. The number of carbonyl (C=O) groups excluding carboxylic acids is 1. The summed E-state index contributed by atoms with van der Waals surface area (Å²) >= 11 is 3.05. The van der Waals surface area contributed by atoms with E-state index in [1.54, 1.807) is 18.4 Å². The van der Waals surface area contributed by atoms with Crippen LogP contribution in [0.3, 0.4) is 0 Å². The van der Waals surface area contributed by atoms with E-state index in [2.05, 4.69) is 27.5 Å². The molecule has 21 heavy (non-hydrogen) atoms. The van der Waals surface area contributed by atoms with Crippen molar-refractivity contribution in [2.24, 2.45) is 0 Å². The number of anilines is 1. The van der Waals surface area contributed by atoms with Crippen LogP contribution >= 0.6 is 22.7 Å². The topological polar surface area (TPSA) is 76.1 Å². The number of urea groups is 1. The number of aryl methyl sites for hydroxylation is 2. The zero-order chi connectivity index (χ0) is 15.2. The molecule has 0 fully saturated rings. The van der Waals surface area contributed by atoms with Crippen LogP contribution in [0.5, 0.6) is 0 Å². The van der Waals surface area contributed by atoms with Crippen LogP contribution in [0.25, 0.3) is 0 Å². The molecule has 0 unspecified atom stereocenters. The van der Waals surface area contributed by atoms with E-state index in [1.165, 1.54) is 16.2 Å². The fraction of sp³-hybridized carbons (Fsp3) is 0.462. The molecule has 0 atom stereocenters. The molecular weight excluding hydrogens is 308 g/mol. The molecule has 0 saturated carbocycles. The minimum atomic E-state index is -0.252. The van der Waals surface area contributed by atoms with Crippen molar-refractivity contribution in [2.45, 2.75) is 26.9 Å². The van der Waals surface area contributed by atoms with Crippen LogP contribution in [0.4, 0.5) is 9.93 Å². The standard InChI is InChI=1S/C13H18N4O2S2/c1-8-9(2)21-11(15-8)4-5-14-12(18)17-13-16-10(6-19-3)7-20-13/h7H,4-6H2,1-3H3,(H2,14,16,17,18). The summed E-state index contributed by atoms with van der Waals surface area (Å²) in [6.07, 6.45) is 0.736. The Morgan fingerprint density at radius 2 is 2.19 bits per heavy atom. The smallest absolute Gasteiger partial charge is 0.321 e. The van der Waals surface area contributed by atoms with Crippen molar-refractivity contribution in [3.05, 3.63) is 26.7 Å². The Hall–Kier alpha value is -1.51. The highest BCUT2D eigenvalue weighted by Gasteiger charge is 2.07. The van der Waals surface area contributed by atoms with Crippen LogP contribution in [0.2, 0.25) is 0 Å². The number of rotatable bonds is 6. The largest absolute Gasteiger partial charge is 0.378 e. The molecule has 2 amide bonds. The number of nitrogens with zero attached hydrogens (tertiary/aromatic N) is 2. The summed E-state index contributed by atoms with van der Waals surface area (Å²) in [6, 6.07) is -0.252. The van der Waals surface area contributed by atoms with Crippen LogP contribution in [-0.4, -0.2) is 29.7 Å². The molecule has 0 radical (unpaired) electrons. The van der Waals surface area contributed by atoms with E-state index in [4.69, 9.17) is 4.74 Å². The van der Waals surface area contributed by atoms with Gasteiger partial charge in [0, 0.05) is 30.3 Å². The lowest BCUT2D eigenvalue weighted by molar-refractivity contribution is 0.182. The molecule has 2 rings (SSSR count). The summed E-state index contributed by atoms with van der Waals surface area (Å²) in [4.78, 5) is 21.6.